The average Bonchev–Trinajstić information content (AvgIpc) is 2.46. The van der Waals surface area contributed by atoms with Gasteiger partial charge in [0.05, 0.1) is 12.3 Å². The van der Waals surface area contributed by atoms with Crippen molar-refractivity contribution in [1.29, 1.82) is 0 Å². The zero-order valence-corrected chi connectivity index (χ0v) is 13.6. The van der Waals surface area contributed by atoms with Gasteiger partial charge in [0, 0.05) is 45.4 Å². The summed E-state index contributed by atoms with van der Waals surface area (Å²) in [6.45, 7) is 5.40. The maximum absolute atomic E-state index is 14.6. The van der Waals surface area contributed by atoms with E-state index in [1.807, 2.05) is 0 Å². The first-order valence-corrected chi connectivity index (χ1v) is 8.02. The highest BCUT2D eigenvalue weighted by molar-refractivity contribution is 7.54. The van der Waals surface area contributed by atoms with Gasteiger partial charge in [-0.05, 0) is 6.92 Å². The normalized spacial score (nSPS) is 18.8. The van der Waals surface area contributed by atoms with Gasteiger partial charge in [-0.3, -0.25) is 9.55 Å². The van der Waals surface area contributed by atoms with Gasteiger partial charge >= 0.3 is 7.60 Å². The Morgan fingerprint density at radius 3 is 2.62 bits per heavy atom. The van der Waals surface area contributed by atoms with Crippen molar-refractivity contribution in [2.45, 2.75) is 39.1 Å². The lowest BCUT2D eigenvalue weighted by Crippen LogP contribution is -2.36. The van der Waals surface area contributed by atoms with Crippen molar-refractivity contribution >= 4 is 7.60 Å². The summed E-state index contributed by atoms with van der Waals surface area (Å²) in [5.74, 6) is -2.33. The van der Waals surface area contributed by atoms with Gasteiger partial charge in [0.25, 0.3) is 0 Å². The molecule has 0 saturated heterocycles. The van der Waals surface area contributed by atoms with Crippen molar-refractivity contribution in [3.63, 3.8) is 0 Å². The second kappa shape index (κ2) is 5.65. The molecule has 1 aromatic heterocycles. The zero-order chi connectivity index (χ0) is 15.8. The van der Waals surface area contributed by atoms with Crippen LogP contribution in [0, 0.1) is 6.92 Å². The standard InChI is InChI=1S/C13H19FNO5P/c1-8-11-10(7-19-13(2,3)20-11)9(6-15-8)12(14)21(16,17-4)18-5/h6,12H,7H2,1-5H3. The number of nitrogens with zero attached hydrogens (tertiary/aromatic N) is 1. The molecule has 1 aliphatic rings. The van der Waals surface area contributed by atoms with Gasteiger partial charge in [0.15, 0.2) is 0 Å². The molecule has 0 aromatic carbocycles. The summed E-state index contributed by atoms with van der Waals surface area (Å²) in [6.07, 6.45) is 1.31. The predicted octanol–water partition coefficient (Wildman–Crippen LogP) is 3.49. The van der Waals surface area contributed by atoms with Crippen LogP contribution in [0.2, 0.25) is 0 Å². The Bertz CT molecular complexity index is 584. The topological polar surface area (TPSA) is 66.9 Å². The molecule has 0 radical (unpaired) electrons. The van der Waals surface area contributed by atoms with Crippen LogP contribution in [0.3, 0.4) is 0 Å². The molecule has 0 fully saturated rings. The van der Waals surface area contributed by atoms with Crippen molar-refractivity contribution in [1.82, 2.24) is 4.98 Å². The maximum Gasteiger partial charge on any atom is 0.368 e. The van der Waals surface area contributed by atoms with E-state index in [1.165, 1.54) is 6.20 Å². The lowest BCUT2D eigenvalue weighted by molar-refractivity contribution is -0.181. The molecule has 6 nitrogen and oxygen atoms in total. The van der Waals surface area contributed by atoms with Gasteiger partial charge < -0.3 is 18.5 Å². The largest absolute Gasteiger partial charge is 0.461 e. The number of fused-ring (bicyclic) bond motifs is 1. The van der Waals surface area contributed by atoms with Gasteiger partial charge in [-0.1, -0.05) is 0 Å². The molecule has 1 aliphatic heterocycles. The van der Waals surface area contributed by atoms with Gasteiger partial charge in [-0.15, -0.1) is 0 Å². The Morgan fingerprint density at radius 2 is 2.05 bits per heavy atom. The Balaban J connectivity index is 2.51. The summed E-state index contributed by atoms with van der Waals surface area (Å²) < 4.78 is 47.5. The number of ether oxygens (including phenoxy) is 2. The third-order valence-electron chi connectivity index (χ3n) is 3.30. The number of aromatic nitrogens is 1. The van der Waals surface area contributed by atoms with Crippen molar-refractivity contribution in [3.05, 3.63) is 23.0 Å². The Hall–Kier alpha value is -1.01. The molecule has 1 aromatic rings. The number of hydrogen-bond acceptors (Lipinski definition) is 6. The Labute approximate surface area is 123 Å². The van der Waals surface area contributed by atoms with Crippen molar-refractivity contribution in [2.75, 3.05) is 14.2 Å². The molecule has 0 amide bonds. The van der Waals surface area contributed by atoms with E-state index in [4.69, 9.17) is 18.5 Å². The third kappa shape index (κ3) is 2.97. The van der Waals surface area contributed by atoms with E-state index in [0.29, 0.717) is 17.0 Å². The molecule has 0 N–H and O–H groups in total. The molecular weight excluding hydrogens is 300 g/mol. The Kier molecular flexibility index (Phi) is 4.40. The predicted molar refractivity (Wildman–Crippen MR) is 73.9 cm³/mol. The lowest BCUT2D eigenvalue weighted by Gasteiger charge is -2.34. The van der Waals surface area contributed by atoms with Crippen molar-refractivity contribution < 1.29 is 27.5 Å². The SMILES string of the molecule is COP(=O)(OC)C(F)c1cnc(C)c2c1COC(C)(C)O2. The summed E-state index contributed by atoms with van der Waals surface area (Å²) in [4.78, 5) is 4.11. The minimum atomic E-state index is -3.91. The monoisotopic (exact) mass is 319 g/mol. The number of halogens is 1. The van der Waals surface area contributed by atoms with Crippen LogP contribution in [0.4, 0.5) is 4.39 Å². The van der Waals surface area contributed by atoms with E-state index in [0.717, 1.165) is 14.2 Å². The van der Waals surface area contributed by atoms with E-state index in [9.17, 15) is 8.96 Å². The number of rotatable bonds is 4. The summed E-state index contributed by atoms with van der Waals surface area (Å²) in [6, 6.07) is 0. The first kappa shape index (κ1) is 16.4. The van der Waals surface area contributed by atoms with Gasteiger partial charge in [-0.2, -0.15) is 0 Å². The molecule has 118 valence electrons. The summed E-state index contributed by atoms with van der Waals surface area (Å²) in [5.41, 5.74) is 1.18. The molecular formula is C13H19FNO5P. The van der Waals surface area contributed by atoms with Crippen LogP contribution >= 0.6 is 7.60 Å². The average molecular weight is 319 g/mol. The highest BCUT2D eigenvalue weighted by atomic mass is 31.2. The summed E-state index contributed by atoms with van der Waals surface area (Å²) >= 11 is 0. The number of pyridine rings is 1. The fraction of sp³-hybridized carbons (Fsp3) is 0.615. The number of hydrogen-bond donors (Lipinski definition) is 0. The molecule has 2 heterocycles. The van der Waals surface area contributed by atoms with E-state index in [1.54, 1.807) is 20.8 Å². The van der Waals surface area contributed by atoms with Crippen LogP contribution in [0.1, 0.15) is 36.6 Å². The van der Waals surface area contributed by atoms with Crippen molar-refractivity contribution in [2.24, 2.45) is 0 Å². The smallest absolute Gasteiger partial charge is 0.368 e. The zero-order valence-electron chi connectivity index (χ0n) is 12.7. The quantitative estimate of drug-likeness (QED) is 0.791. The van der Waals surface area contributed by atoms with Gasteiger partial charge in [-0.25, -0.2) is 4.39 Å². The first-order chi connectivity index (χ1) is 9.74. The highest BCUT2D eigenvalue weighted by Gasteiger charge is 2.40. The summed E-state index contributed by atoms with van der Waals surface area (Å²) in [7, 11) is -1.63. The van der Waals surface area contributed by atoms with Crippen LogP contribution in [0.5, 0.6) is 5.75 Å². The fourth-order valence-corrected chi connectivity index (χ4v) is 3.18. The molecule has 0 bridgehead atoms. The maximum atomic E-state index is 14.6. The summed E-state index contributed by atoms with van der Waals surface area (Å²) in [5, 5.41) is 0. The van der Waals surface area contributed by atoms with Crippen LogP contribution in [-0.2, 0) is 25.0 Å². The molecule has 0 spiro atoms. The van der Waals surface area contributed by atoms with Crippen LogP contribution < -0.4 is 4.74 Å². The second-order valence-corrected chi connectivity index (χ2v) is 7.40. The molecule has 8 heteroatoms. The molecule has 0 saturated carbocycles. The van der Waals surface area contributed by atoms with Crippen molar-refractivity contribution in [3.8, 4) is 5.75 Å². The molecule has 1 unspecified atom stereocenters. The van der Waals surface area contributed by atoms with E-state index < -0.39 is 19.3 Å². The van der Waals surface area contributed by atoms with Crippen LogP contribution in [0.25, 0.3) is 0 Å². The second-order valence-electron chi connectivity index (χ2n) is 5.14. The molecule has 0 aliphatic carbocycles. The molecule has 2 rings (SSSR count). The highest BCUT2D eigenvalue weighted by Crippen LogP contribution is 2.61. The van der Waals surface area contributed by atoms with Crippen LogP contribution in [-0.4, -0.2) is 25.0 Å². The lowest BCUT2D eigenvalue weighted by atomic mass is 10.1. The van der Waals surface area contributed by atoms with E-state index in [2.05, 4.69) is 4.98 Å². The first-order valence-electron chi connectivity index (χ1n) is 6.40. The fourth-order valence-electron chi connectivity index (χ4n) is 2.09. The van der Waals surface area contributed by atoms with E-state index in [-0.39, 0.29) is 12.2 Å². The minimum Gasteiger partial charge on any atom is -0.461 e. The van der Waals surface area contributed by atoms with Gasteiger partial charge in [0.1, 0.15) is 5.75 Å². The van der Waals surface area contributed by atoms with Crippen LogP contribution in [0.15, 0.2) is 6.20 Å². The third-order valence-corrected chi connectivity index (χ3v) is 5.15. The number of aryl methyl sites for hydroxylation is 1. The minimum absolute atomic E-state index is 0.0955. The number of alkyl halides is 1. The van der Waals surface area contributed by atoms with E-state index >= 15 is 0 Å². The van der Waals surface area contributed by atoms with Gasteiger partial charge in [0.2, 0.25) is 11.7 Å². The Morgan fingerprint density at radius 1 is 1.43 bits per heavy atom. The molecule has 1 atom stereocenters. The molecule has 21 heavy (non-hydrogen) atoms.